The summed E-state index contributed by atoms with van der Waals surface area (Å²) in [5, 5.41) is 19.3. The largest absolute Gasteiger partial charge is 0.462 e. The summed E-state index contributed by atoms with van der Waals surface area (Å²) in [7, 11) is 0. The molecule has 2 fully saturated rings. The lowest BCUT2D eigenvalue weighted by Gasteiger charge is -2.48. The molecule has 2 amide bonds. The van der Waals surface area contributed by atoms with Gasteiger partial charge in [-0.2, -0.15) is 13.2 Å². The minimum absolute atomic E-state index is 0.00479. The Kier molecular flexibility index (Phi) is 55.3. The first-order valence-electron chi connectivity index (χ1n) is 50.2. The van der Waals surface area contributed by atoms with Crippen LogP contribution in [0.25, 0.3) is 0 Å². The second-order valence-corrected chi connectivity index (χ2v) is 36.1. The highest BCUT2D eigenvalue weighted by Gasteiger charge is 2.52. The Hall–Kier alpha value is -6.88. The van der Waals surface area contributed by atoms with Crippen molar-refractivity contribution in [1.82, 2.24) is 10.6 Å². The van der Waals surface area contributed by atoms with Gasteiger partial charge in [0.25, 0.3) is 0 Å². The van der Waals surface area contributed by atoms with Crippen LogP contribution < -0.4 is 10.6 Å². The van der Waals surface area contributed by atoms with Crippen LogP contribution in [0.1, 0.15) is 355 Å². The zero-order valence-electron chi connectivity index (χ0n) is 78.2. The smallest absolute Gasteiger partial charge is 0.416 e. The lowest BCUT2D eigenvalue weighted by atomic mass is 9.94. The van der Waals surface area contributed by atoms with Gasteiger partial charge >= 0.3 is 12.1 Å². The number of unbranched alkanes of at least 4 members (excludes halogenated alkanes) is 38. The van der Waals surface area contributed by atoms with Gasteiger partial charge in [0.15, 0.2) is 12.6 Å². The summed E-state index contributed by atoms with van der Waals surface area (Å²) in [5.74, 6) is -1.21. The molecule has 712 valence electrons. The molecular formula is C109H161F3N2O14. The fraction of sp³-hybridized carbons (Fsp3) is 0.642. The molecule has 16 nitrogen and oxygen atoms in total. The number of benzene rings is 6. The molecule has 19 heteroatoms. The zero-order chi connectivity index (χ0) is 90.4. The van der Waals surface area contributed by atoms with Crippen LogP contribution >= 0.6 is 0 Å². The van der Waals surface area contributed by atoms with E-state index in [2.05, 4.69) is 31.4 Å². The molecule has 2 saturated heterocycles. The monoisotopic (exact) mass is 1780 g/mol. The van der Waals surface area contributed by atoms with Crippen molar-refractivity contribution in [2.45, 2.75) is 435 Å². The molecule has 6 aromatic carbocycles. The number of hydrogen-bond acceptors (Lipinski definition) is 14. The molecule has 2 aliphatic heterocycles. The number of rotatable bonds is 73. The SMILES string of the molecule is CCCCCCCCCCCCCCCCCC(=O)O[C@H](CCCCCCCCCCCCCCC)CC(=O)N[C@H]1[C@H](OC[C@H]2O[C@H](O)[C@H](NC(=O)C[C@@H](CCCCCCCCCCCCCCC)OCc3ccc(C(F)(F)F)cc3)[C@@H](OCc3ccccc3)[C@@H]2OCc2ccccc2)O[C@H](COCc2ccccc2)[C@@H](OCc2ccccc2)[C@@H]1OCc1ccccc1. The summed E-state index contributed by atoms with van der Waals surface area (Å²) in [6, 6.07) is 51.1. The average Bonchev–Trinajstić information content (AvgIpc) is 0.780. The highest BCUT2D eigenvalue weighted by Crippen LogP contribution is 2.35. The van der Waals surface area contributed by atoms with Gasteiger partial charge in [-0.25, -0.2) is 0 Å². The van der Waals surface area contributed by atoms with Crippen molar-refractivity contribution in [3.63, 3.8) is 0 Å². The molecule has 128 heavy (non-hydrogen) atoms. The molecule has 0 radical (unpaired) electrons. The number of carbonyl (C=O) groups is 3. The third-order valence-electron chi connectivity index (χ3n) is 25.1. The minimum Gasteiger partial charge on any atom is -0.462 e. The molecular weight excluding hydrogens is 1620 g/mol. The molecule has 2 aliphatic rings. The summed E-state index contributed by atoms with van der Waals surface area (Å²) in [6.07, 6.45) is 34.4. The van der Waals surface area contributed by atoms with E-state index in [0.717, 1.165) is 117 Å². The number of halogens is 3. The molecule has 0 bridgehead atoms. The second kappa shape index (κ2) is 66.5. The fourth-order valence-electron chi connectivity index (χ4n) is 17.5. The Labute approximate surface area is 767 Å². The van der Waals surface area contributed by atoms with E-state index in [-0.39, 0.29) is 78.1 Å². The summed E-state index contributed by atoms with van der Waals surface area (Å²) in [5.41, 5.74) is 4.08. The van der Waals surface area contributed by atoms with Gasteiger partial charge in [-0.05, 0) is 71.2 Å². The standard InChI is InChI=1S/C109H161F3N2O14/c1-4-7-10-13-16-19-22-25-26-29-32-35-38-41-59-72-100(117)126-95(71-58-40-37-34-31-28-24-21-18-15-12-9-6-3)78-99(116)114-102-106(124-84-91-68-55-46-56-69-91)103(121-81-88-62-49-43-50-63-88)96(85-119-79-87-60-47-42-48-61-87)128-108(102)125-86-97-104(122-82-89-64-51-44-52-65-89)105(123-83-90-66-53-45-54-67-90)101(107(118)127-97)113-98(115)77-94(120-80-92-73-75-93(76-74-92)109(110,111)112)70-57-39-36-33-30-27-23-20-17-14-11-8-5-2/h42-56,60-69,73-76,94-97,101-108,118H,4-41,57-59,70-72,77-86H2,1-3H3,(H,113,115)(H,114,116)/t94-,95-,96-,97-,101-,102-,103-,104-,105-,106-,107+,108-/m1/s1. The Balaban J connectivity index is 1.07. The maximum Gasteiger partial charge on any atom is 0.416 e. The van der Waals surface area contributed by atoms with Crippen LogP contribution in [0.5, 0.6) is 0 Å². The lowest BCUT2D eigenvalue weighted by Crippen LogP contribution is -2.68. The molecule has 8 rings (SSSR count). The number of nitrogens with one attached hydrogen (secondary N) is 2. The van der Waals surface area contributed by atoms with Crippen LogP contribution in [0.4, 0.5) is 13.2 Å². The van der Waals surface area contributed by atoms with Crippen molar-refractivity contribution in [2.75, 3.05) is 13.2 Å². The first-order valence-corrected chi connectivity index (χ1v) is 50.2. The molecule has 3 N–H and O–H groups in total. The second-order valence-electron chi connectivity index (χ2n) is 36.1. The van der Waals surface area contributed by atoms with Gasteiger partial charge in [0.2, 0.25) is 11.8 Å². The van der Waals surface area contributed by atoms with Crippen molar-refractivity contribution >= 4 is 17.8 Å². The van der Waals surface area contributed by atoms with Crippen LogP contribution in [-0.2, 0) is 108 Å². The third kappa shape index (κ3) is 45.0. The van der Waals surface area contributed by atoms with E-state index in [1.807, 2.05) is 152 Å². The van der Waals surface area contributed by atoms with Gasteiger partial charge in [0.1, 0.15) is 54.8 Å². The predicted octanol–water partition coefficient (Wildman–Crippen LogP) is 26.5. The zero-order valence-corrected chi connectivity index (χ0v) is 78.2. The number of carbonyl (C=O) groups excluding carboxylic acids is 3. The van der Waals surface area contributed by atoms with Crippen LogP contribution in [0, 0.1) is 0 Å². The van der Waals surface area contributed by atoms with Gasteiger partial charge in [-0.15, -0.1) is 0 Å². The number of aliphatic hydroxyl groups excluding tert-OH is 1. The van der Waals surface area contributed by atoms with Gasteiger partial charge in [-0.3, -0.25) is 14.4 Å². The summed E-state index contributed by atoms with van der Waals surface area (Å²) in [4.78, 5) is 44.9. The Bertz CT molecular complexity index is 3720. The van der Waals surface area contributed by atoms with E-state index >= 15 is 9.59 Å². The third-order valence-corrected chi connectivity index (χ3v) is 25.1. The number of ether oxygens (including phenoxy) is 10. The Morgan fingerprint density at radius 1 is 0.344 bits per heavy atom. The van der Waals surface area contributed by atoms with E-state index in [1.54, 1.807) is 0 Å². The van der Waals surface area contributed by atoms with Gasteiger partial charge in [-0.1, -0.05) is 435 Å². The van der Waals surface area contributed by atoms with Gasteiger partial charge in [0.05, 0.1) is 77.4 Å². The number of hydrogen-bond donors (Lipinski definition) is 3. The number of aliphatic hydroxyl groups is 1. The van der Waals surface area contributed by atoms with Crippen molar-refractivity contribution in [3.8, 4) is 0 Å². The lowest BCUT2D eigenvalue weighted by molar-refractivity contribution is -0.314. The van der Waals surface area contributed by atoms with Gasteiger partial charge < -0.3 is 63.1 Å². The number of esters is 1. The van der Waals surface area contributed by atoms with E-state index in [9.17, 15) is 23.1 Å². The molecule has 2 heterocycles. The summed E-state index contributed by atoms with van der Waals surface area (Å²) in [6.45, 7) is 6.94. The normalized spacial score (nSPS) is 19.4. The summed E-state index contributed by atoms with van der Waals surface area (Å²) >= 11 is 0. The van der Waals surface area contributed by atoms with Crippen LogP contribution in [0.15, 0.2) is 176 Å². The quantitative estimate of drug-likeness (QED) is 0.0242. The fourth-order valence-corrected chi connectivity index (χ4v) is 17.5. The predicted molar refractivity (Wildman–Crippen MR) is 505 cm³/mol. The van der Waals surface area contributed by atoms with Crippen LogP contribution in [0.2, 0.25) is 0 Å². The topological polar surface area (TPSA) is 188 Å². The van der Waals surface area contributed by atoms with Gasteiger partial charge in [0, 0.05) is 6.42 Å². The molecule has 6 aromatic rings. The maximum absolute atomic E-state index is 15.6. The van der Waals surface area contributed by atoms with E-state index in [0.29, 0.717) is 24.8 Å². The van der Waals surface area contributed by atoms with Crippen molar-refractivity contribution in [2.24, 2.45) is 0 Å². The number of alkyl halides is 3. The van der Waals surface area contributed by atoms with Crippen LogP contribution in [0.3, 0.4) is 0 Å². The molecule has 12 atom stereocenters. The minimum atomic E-state index is -4.51. The molecule has 0 aromatic heterocycles. The van der Waals surface area contributed by atoms with E-state index < -0.39 is 97.0 Å². The van der Waals surface area contributed by atoms with E-state index in [4.69, 9.17) is 47.4 Å². The summed E-state index contributed by atoms with van der Waals surface area (Å²) < 4.78 is 110. The first-order chi connectivity index (χ1) is 62.8. The molecule has 0 unspecified atom stereocenters. The molecule has 0 spiro atoms. The average molecular weight is 1780 g/mol. The van der Waals surface area contributed by atoms with E-state index in [1.165, 1.54) is 192 Å². The van der Waals surface area contributed by atoms with Crippen molar-refractivity contribution in [3.05, 3.63) is 215 Å². The Morgan fingerprint density at radius 3 is 1.04 bits per heavy atom. The molecule has 0 saturated carbocycles. The maximum atomic E-state index is 15.6. The highest BCUT2D eigenvalue weighted by molar-refractivity contribution is 5.78. The first kappa shape index (κ1) is 106. The highest BCUT2D eigenvalue weighted by atomic mass is 19.4. The van der Waals surface area contributed by atoms with Crippen molar-refractivity contribution in [1.29, 1.82) is 0 Å². The number of amides is 2. The van der Waals surface area contributed by atoms with Crippen LogP contribution in [-0.4, -0.2) is 110 Å². The van der Waals surface area contributed by atoms with Crippen molar-refractivity contribution < 1.29 is 80.0 Å². The Morgan fingerprint density at radius 2 is 0.656 bits per heavy atom. The molecule has 0 aliphatic carbocycles.